The van der Waals surface area contributed by atoms with Crippen molar-refractivity contribution in [2.75, 3.05) is 0 Å². The van der Waals surface area contributed by atoms with E-state index in [1.54, 1.807) is 0 Å². The Labute approximate surface area is 121 Å². The zero-order chi connectivity index (χ0) is 14.3. The third-order valence-electron chi connectivity index (χ3n) is 4.01. The van der Waals surface area contributed by atoms with Gasteiger partial charge in [0.1, 0.15) is 12.1 Å². The lowest BCUT2D eigenvalue weighted by Crippen LogP contribution is -2.64. The Morgan fingerprint density at radius 2 is 1.11 bits per heavy atom. The molecule has 0 bridgehead atoms. The molecule has 0 aliphatic rings. The largest absolute Gasteiger partial charge is 0.387 e. The Kier molecular flexibility index (Phi) is 14.3. The van der Waals surface area contributed by atoms with Crippen molar-refractivity contribution in [1.29, 1.82) is 0 Å². The number of hydrogen-bond acceptors (Lipinski definition) is 1. The van der Waals surface area contributed by atoms with E-state index >= 15 is 0 Å². The highest BCUT2D eigenvalue weighted by Gasteiger charge is 2.11. The molecule has 0 spiro atoms. The zero-order valence-corrected chi connectivity index (χ0v) is 13.5. The van der Waals surface area contributed by atoms with Gasteiger partial charge < -0.3 is 10.8 Å². The van der Waals surface area contributed by atoms with Crippen molar-refractivity contribution in [2.24, 2.45) is 0 Å². The summed E-state index contributed by atoms with van der Waals surface area (Å²) in [7, 11) is 0. The fourth-order valence-corrected chi connectivity index (χ4v) is 2.48. The molecule has 0 saturated heterocycles. The van der Waals surface area contributed by atoms with Gasteiger partial charge in [0.15, 0.2) is 0 Å². The van der Waals surface area contributed by atoms with E-state index in [-0.39, 0.29) is 12.1 Å². The first-order chi connectivity index (χ1) is 9.18. The first kappa shape index (κ1) is 18.9. The topological polar surface area (TPSA) is 47.9 Å². The van der Waals surface area contributed by atoms with Gasteiger partial charge >= 0.3 is 0 Å². The van der Waals surface area contributed by atoms with Crippen molar-refractivity contribution < 1.29 is 10.8 Å². The average molecular weight is 272 g/mol. The number of aliphatic hydroxyl groups is 1. The van der Waals surface area contributed by atoms with Crippen LogP contribution in [0.2, 0.25) is 0 Å². The van der Waals surface area contributed by atoms with Crippen LogP contribution in [0.15, 0.2) is 0 Å². The highest BCUT2D eigenvalue weighted by molar-refractivity contribution is 4.60. The van der Waals surface area contributed by atoms with E-state index in [1.807, 2.05) is 6.92 Å². The second kappa shape index (κ2) is 14.3. The van der Waals surface area contributed by atoms with E-state index in [9.17, 15) is 5.11 Å². The fourth-order valence-electron chi connectivity index (χ4n) is 2.48. The van der Waals surface area contributed by atoms with Gasteiger partial charge in [0, 0.05) is 0 Å². The van der Waals surface area contributed by atoms with Crippen molar-refractivity contribution in [3.8, 4) is 0 Å². The van der Waals surface area contributed by atoms with Gasteiger partial charge in [-0.3, -0.25) is 0 Å². The number of quaternary nitrogens is 1. The Morgan fingerprint density at radius 3 is 1.47 bits per heavy atom. The van der Waals surface area contributed by atoms with Gasteiger partial charge in [-0.05, 0) is 13.3 Å². The number of hydrogen-bond donors (Lipinski definition) is 2. The zero-order valence-electron chi connectivity index (χ0n) is 13.5. The SMILES string of the molecule is CCCCCCCCCCCCCC[C@@H](O)[C@H](C)[NH3+]. The summed E-state index contributed by atoms with van der Waals surface area (Å²) in [5.41, 5.74) is 3.86. The van der Waals surface area contributed by atoms with Crippen LogP contribution in [0.3, 0.4) is 0 Å². The first-order valence-corrected chi connectivity index (χ1v) is 8.69. The van der Waals surface area contributed by atoms with Crippen LogP contribution in [0.25, 0.3) is 0 Å². The fraction of sp³-hybridized carbons (Fsp3) is 1.00. The Morgan fingerprint density at radius 1 is 0.737 bits per heavy atom. The van der Waals surface area contributed by atoms with Crippen molar-refractivity contribution in [3.63, 3.8) is 0 Å². The van der Waals surface area contributed by atoms with Gasteiger partial charge in [-0.25, -0.2) is 0 Å². The first-order valence-electron chi connectivity index (χ1n) is 8.69. The van der Waals surface area contributed by atoms with E-state index in [0.717, 1.165) is 12.8 Å². The van der Waals surface area contributed by atoms with Crippen LogP contribution in [-0.4, -0.2) is 17.3 Å². The summed E-state index contributed by atoms with van der Waals surface area (Å²) in [4.78, 5) is 0. The lowest BCUT2D eigenvalue weighted by atomic mass is 10.0. The molecule has 0 fully saturated rings. The van der Waals surface area contributed by atoms with Gasteiger partial charge in [0.05, 0.1) is 0 Å². The Bertz CT molecular complexity index is 171. The minimum absolute atomic E-state index is 0.174. The number of rotatable bonds is 14. The van der Waals surface area contributed by atoms with Gasteiger partial charge in [-0.1, -0.05) is 84.0 Å². The quantitative estimate of drug-likeness (QED) is 0.460. The molecule has 2 atom stereocenters. The van der Waals surface area contributed by atoms with Crippen molar-refractivity contribution >= 4 is 0 Å². The molecule has 2 heteroatoms. The van der Waals surface area contributed by atoms with E-state index < -0.39 is 0 Å². The van der Waals surface area contributed by atoms with Crippen molar-refractivity contribution in [2.45, 2.75) is 109 Å². The smallest absolute Gasteiger partial charge is 0.108 e. The standard InChI is InChI=1S/C17H37NO/c1-3-4-5-6-7-8-9-10-11-12-13-14-15-17(19)16(2)18/h16-17,19H,3-15,18H2,1-2H3/p+1/t16-,17+/m0/s1. The molecular weight excluding hydrogens is 234 g/mol. The third kappa shape index (κ3) is 14.1. The van der Waals surface area contributed by atoms with E-state index in [1.165, 1.54) is 70.6 Å². The van der Waals surface area contributed by atoms with E-state index in [4.69, 9.17) is 0 Å². The second-order valence-electron chi connectivity index (χ2n) is 6.22. The summed E-state index contributed by atoms with van der Waals surface area (Å²) in [5.74, 6) is 0. The van der Waals surface area contributed by atoms with Crippen LogP contribution in [0, 0.1) is 0 Å². The molecule has 4 N–H and O–H groups in total. The Hall–Kier alpha value is -0.0800. The second-order valence-corrected chi connectivity index (χ2v) is 6.22. The number of unbranched alkanes of at least 4 members (excludes halogenated alkanes) is 11. The molecule has 2 nitrogen and oxygen atoms in total. The van der Waals surface area contributed by atoms with Crippen LogP contribution in [-0.2, 0) is 0 Å². The van der Waals surface area contributed by atoms with Gasteiger partial charge in [-0.2, -0.15) is 0 Å². The molecule has 19 heavy (non-hydrogen) atoms. The maximum absolute atomic E-state index is 9.63. The summed E-state index contributed by atoms with van der Waals surface area (Å²) in [6.07, 6.45) is 17.2. The third-order valence-corrected chi connectivity index (χ3v) is 4.01. The van der Waals surface area contributed by atoms with Gasteiger partial charge in [0.25, 0.3) is 0 Å². The van der Waals surface area contributed by atoms with Gasteiger partial charge in [0.2, 0.25) is 0 Å². The van der Waals surface area contributed by atoms with Crippen molar-refractivity contribution in [1.82, 2.24) is 0 Å². The van der Waals surface area contributed by atoms with Crippen LogP contribution >= 0.6 is 0 Å². The number of aliphatic hydroxyl groups excluding tert-OH is 1. The molecule has 0 aliphatic carbocycles. The Balaban J connectivity index is 3.03. The van der Waals surface area contributed by atoms with Crippen LogP contribution in [0.4, 0.5) is 0 Å². The highest BCUT2D eigenvalue weighted by atomic mass is 16.3. The maximum Gasteiger partial charge on any atom is 0.108 e. The van der Waals surface area contributed by atoms with Crippen LogP contribution < -0.4 is 5.73 Å². The minimum Gasteiger partial charge on any atom is -0.387 e. The summed E-state index contributed by atoms with van der Waals surface area (Å²) in [6, 6.07) is 0.174. The molecule has 0 heterocycles. The predicted octanol–water partition coefficient (Wildman–Crippen LogP) is 4.07. The molecule has 0 aromatic carbocycles. The molecule has 0 unspecified atom stereocenters. The lowest BCUT2D eigenvalue weighted by Gasteiger charge is -2.11. The van der Waals surface area contributed by atoms with E-state index in [2.05, 4.69) is 12.7 Å². The van der Waals surface area contributed by atoms with E-state index in [0.29, 0.717) is 0 Å². The molecule has 0 aromatic rings. The maximum atomic E-state index is 9.63. The van der Waals surface area contributed by atoms with Crippen LogP contribution in [0.1, 0.15) is 97.3 Å². The molecule has 116 valence electrons. The summed E-state index contributed by atoms with van der Waals surface area (Å²) in [6.45, 7) is 4.27. The molecular formula is C17H38NO+. The lowest BCUT2D eigenvalue weighted by molar-refractivity contribution is -0.432. The average Bonchev–Trinajstić information content (AvgIpc) is 2.39. The van der Waals surface area contributed by atoms with Crippen LogP contribution in [0.5, 0.6) is 0 Å². The van der Waals surface area contributed by atoms with Gasteiger partial charge in [-0.15, -0.1) is 0 Å². The summed E-state index contributed by atoms with van der Waals surface area (Å²) in [5, 5.41) is 9.63. The summed E-state index contributed by atoms with van der Waals surface area (Å²) < 4.78 is 0. The summed E-state index contributed by atoms with van der Waals surface area (Å²) >= 11 is 0. The monoisotopic (exact) mass is 272 g/mol. The normalized spacial score (nSPS) is 14.5. The molecule has 0 amide bonds. The minimum atomic E-state index is -0.192. The molecule has 0 aliphatic heterocycles. The van der Waals surface area contributed by atoms with Crippen molar-refractivity contribution in [3.05, 3.63) is 0 Å². The predicted molar refractivity (Wildman–Crippen MR) is 84.1 cm³/mol. The molecule has 0 rings (SSSR count). The molecule has 0 radical (unpaired) electrons. The molecule has 0 saturated carbocycles. The molecule has 0 aromatic heterocycles. The highest BCUT2D eigenvalue weighted by Crippen LogP contribution is 2.13.